The lowest BCUT2D eigenvalue weighted by Crippen LogP contribution is -1.91. The summed E-state index contributed by atoms with van der Waals surface area (Å²) in [5.41, 5.74) is 2.33. The van der Waals surface area contributed by atoms with E-state index in [0.717, 1.165) is 5.56 Å². The zero-order valence-corrected chi connectivity index (χ0v) is 13.0. The molecule has 0 spiro atoms. The van der Waals surface area contributed by atoms with Gasteiger partial charge in [-0.15, -0.1) is 0 Å². The molecule has 0 atom stereocenters. The quantitative estimate of drug-likeness (QED) is 0.654. The van der Waals surface area contributed by atoms with Crippen LogP contribution in [0.15, 0.2) is 46.4 Å². The standard InChI is InChI=1S/C17H17ClN2O2/c1-12-2-4-16(21)13(8-12)10-19-6-7-20-11-14-9-15(18)3-5-17(14)22/h2-5,8-11,21-22H,6-7H2,1H3. The Morgan fingerprint density at radius 3 is 2.09 bits per heavy atom. The molecule has 2 N–H and O–H groups in total. The van der Waals surface area contributed by atoms with E-state index in [9.17, 15) is 10.2 Å². The molecular weight excluding hydrogens is 300 g/mol. The lowest BCUT2D eigenvalue weighted by atomic mass is 10.1. The van der Waals surface area contributed by atoms with Crippen molar-refractivity contribution in [2.24, 2.45) is 9.98 Å². The van der Waals surface area contributed by atoms with Gasteiger partial charge in [-0.2, -0.15) is 0 Å². The molecule has 0 aliphatic heterocycles. The van der Waals surface area contributed by atoms with Crippen molar-refractivity contribution in [3.05, 3.63) is 58.1 Å². The smallest absolute Gasteiger partial charge is 0.124 e. The Kier molecular flexibility index (Phi) is 5.55. The van der Waals surface area contributed by atoms with E-state index >= 15 is 0 Å². The van der Waals surface area contributed by atoms with Crippen LogP contribution in [0.4, 0.5) is 0 Å². The Balaban J connectivity index is 1.89. The summed E-state index contributed by atoms with van der Waals surface area (Å²) >= 11 is 5.85. The Morgan fingerprint density at radius 1 is 0.909 bits per heavy atom. The summed E-state index contributed by atoms with van der Waals surface area (Å²) < 4.78 is 0. The van der Waals surface area contributed by atoms with E-state index in [1.165, 1.54) is 6.07 Å². The van der Waals surface area contributed by atoms with Crippen LogP contribution in [-0.4, -0.2) is 35.7 Å². The molecule has 4 nitrogen and oxygen atoms in total. The molecule has 0 radical (unpaired) electrons. The maximum absolute atomic E-state index is 9.68. The third-order valence-corrected chi connectivity index (χ3v) is 3.23. The van der Waals surface area contributed by atoms with E-state index in [2.05, 4.69) is 9.98 Å². The second kappa shape index (κ2) is 7.61. The van der Waals surface area contributed by atoms with Crippen molar-refractivity contribution in [2.75, 3.05) is 13.1 Å². The van der Waals surface area contributed by atoms with Crippen LogP contribution >= 0.6 is 11.6 Å². The molecule has 0 heterocycles. The van der Waals surface area contributed by atoms with Crippen LogP contribution < -0.4 is 0 Å². The zero-order valence-electron chi connectivity index (χ0n) is 12.2. The summed E-state index contributed by atoms with van der Waals surface area (Å²) in [7, 11) is 0. The first-order valence-corrected chi connectivity index (χ1v) is 7.22. The van der Waals surface area contributed by atoms with E-state index in [0.29, 0.717) is 29.2 Å². The summed E-state index contributed by atoms with van der Waals surface area (Å²) in [5.74, 6) is 0.350. The Hall–Kier alpha value is -2.33. The fourth-order valence-electron chi connectivity index (χ4n) is 1.85. The highest BCUT2D eigenvalue weighted by Gasteiger charge is 1.99. The number of aromatic hydroxyl groups is 2. The number of phenols is 2. The highest BCUT2D eigenvalue weighted by molar-refractivity contribution is 6.30. The predicted octanol–water partition coefficient (Wildman–Crippen LogP) is 3.60. The molecule has 0 saturated heterocycles. The summed E-state index contributed by atoms with van der Waals surface area (Å²) in [6, 6.07) is 10.2. The van der Waals surface area contributed by atoms with Crippen molar-refractivity contribution >= 4 is 24.0 Å². The van der Waals surface area contributed by atoms with E-state index in [1.54, 1.807) is 30.6 Å². The average Bonchev–Trinajstić information content (AvgIpc) is 2.49. The van der Waals surface area contributed by atoms with E-state index in [-0.39, 0.29) is 11.5 Å². The molecule has 0 saturated carbocycles. The van der Waals surface area contributed by atoms with E-state index in [1.807, 2.05) is 19.1 Å². The summed E-state index contributed by atoms with van der Waals surface area (Å²) in [6.07, 6.45) is 3.20. The molecule has 0 aliphatic rings. The van der Waals surface area contributed by atoms with Gasteiger partial charge in [0.1, 0.15) is 11.5 Å². The van der Waals surface area contributed by atoms with E-state index in [4.69, 9.17) is 11.6 Å². The van der Waals surface area contributed by atoms with Gasteiger partial charge in [-0.1, -0.05) is 23.2 Å². The normalized spacial score (nSPS) is 11.5. The Morgan fingerprint density at radius 2 is 1.45 bits per heavy atom. The number of benzene rings is 2. The predicted molar refractivity (Wildman–Crippen MR) is 90.9 cm³/mol. The van der Waals surface area contributed by atoms with Gasteiger partial charge in [-0.05, 0) is 37.3 Å². The minimum Gasteiger partial charge on any atom is -0.507 e. The molecule has 22 heavy (non-hydrogen) atoms. The van der Waals surface area contributed by atoms with Crippen molar-refractivity contribution < 1.29 is 10.2 Å². The molecule has 0 aromatic heterocycles. The molecule has 2 rings (SSSR count). The number of hydrogen-bond acceptors (Lipinski definition) is 4. The first-order chi connectivity index (χ1) is 10.6. The van der Waals surface area contributed by atoms with Crippen LogP contribution in [-0.2, 0) is 0 Å². The second-order valence-corrected chi connectivity index (χ2v) is 5.27. The Labute approximate surface area is 134 Å². The third kappa shape index (κ3) is 4.60. The number of halogens is 1. The van der Waals surface area contributed by atoms with Crippen molar-refractivity contribution in [2.45, 2.75) is 6.92 Å². The molecule has 114 valence electrons. The molecule has 0 unspecified atom stereocenters. The number of rotatable bonds is 5. The summed E-state index contributed by atoms with van der Waals surface area (Å²) in [5, 5.41) is 19.9. The fraction of sp³-hybridized carbons (Fsp3) is 0.176. The maximum Gasteiger partial charge on any atom is 0.124 e. The third-order valence-electron chi connectivity index (χ3n) is 2.99. The van der Waals surface area contributed by atoms with Crippen molar-refractivity contribution in [1.29, 1.82) is 0 Å². The number of phenolic OH excluding ortho intramolecular Hbond substituents is 2. The zero-order chi connectivity index (χ0) is 15.9. The largest absolute Gasteiger partial charge is 0.507 e. The summed E-state index contributed by atoms with van der Waals surface area (Å²) in [4.78, 5) is 8.42. The van der Waals surface area contributed by atoms with Gasteiger partial charge in [0, 0.05) is 28.6 Å². The minimum atomic E-state index is 0.140. The Bertz CT molecular complexity index is 650. The van der Waals surface area contributed by atoms with Crippen molar-refractivity contribution in [3.8, 4) is 11.5 Å². The maximum atomic E-state index is 9.68. The van der Waals surface area contributed by atoms with Gasteiger partial charge in [0.15, 0.2) is 0 Å². The van der Waals surface area contributed by atoms with Crippen LogP contribution in [0.1, 0.15) is 16.7 Å². The van der Waals surface area contributed by atoms with Crippen molar-refractivity contribution in [3.63, 3.8) is 0 Å². The van der Waals surface area contributed by atoms with Crippen LogP contribution in [0, 0.1) is 6.92 Å². The molecule has 0 bridgehead atoms. The second-order valence-electron chi connectivity index (χ2n) is 4.84. The monoisotopic (exact) mass is 316 g/mol. The molecule has 2 aromatic rings. The minimum absolute atomic E-state index is 0.140. The number of nitrogens with zero attached hydrogens (tertiary/aromatic N) is 2. The molecule has 5 heteroatoms. The average molecular weight is 317 g/mol. The van der Waals surface area contributed by atoms with Gasteiger partial charge >= 0.3 is 0 Å². The molecule has 0 aliphatic carbocycles. The highest BCUT2D eigenvalue weighted by Crippen LogP contribution is 2.19. The molecule has 0 amide bonds. The first kappa shape index (κ1) is 16.0. The fourth-order valence-corrected chi connectivity index (χ4v) is 2.03. The van der Waals surface area contributed by atoms with Gasteiger partial charge in [0.25, 0.3) is 0 Å². The van der Waals surface area contributed by atoms with Crippen LogP contribution in [0.25, 0.3) is 0 Å². The van der Waals surface area contributed by atoms with Gasteiger partial charge in [0.2, 0.25) is 0 Å². The van der Waals surface area contributed by atoms with Crippen LogP contribution in [0.2, 0.25) is 5.02 Å². The number of hydrogen-bond donors (Lipinski definition) is 2. The lowest BCUT2D eigenvalue weighted by Gasteiger charge is -2.00. The molecule has 0 fully saturated rings. The van der Waals surface area contributed by atoms with Gasteiger partial charge in [-0.25, -0.2) is 0 Å². The lowest BCUT2D eigenvalue weighted by molar-refractivity contribution is 0.474. The topological polar surface area (TPSA) is 65.2 Å². The first-order valence-electron chi connectivity index (χ1n) is 6.84. The van der Waals surface area contributed by atoms with Crippen LogP contribution in [0.3, 0.4) is 0 Å². The van der Waals surface area contributed by atoms with E-state index < -0.39 is 0 Å². The van der Waals surface area contributed by atoms with Crippen LogP contribution in [0.5, 0.6) is 11.5 Å². The van der Waals surface area contributed by atoms with Gasteiger partial charge in [0.05, 0.1) is 13.1 Å². The number of aryl methyl sites for hydroxylation is 1. The molecule has 2 aromatic carbocycles. The van der Waals surface area contributed by atoms with Crippen molar-refractivity contribution in [1.82, 2.24) is 0 Å². The SMILES string of the molecule is Cc1ccc(O)c(C=NCCN=Cc2cc(Cl)ccc2O)c1. The van der Waals surface area contributed by atoms with Gasteiger partial charge < -0.3 is 10.2 Å². The van der Waals surface area contributed by atoms with Gasteiger partial charge in [-0.3, -0.25) is 9.98 Å². The number of aliphatic imine (C=N–C) groups is 2. The highest BCUT2D eigenvalue weighted by atomic mass is 35.5. The summed E-state index contributed by atoms with van der Waals surface area (Å²) in [6.45, 7) is 2.93. The molecular formula is C17H17ClN2O2.